The molecule has 0 aromatic carbocycles. The Labute approximate surface area is 221 Å². The van der Waals surface area contributed by atoms with Gasteiger partial charge in [-0.1, -0.05) is 26.2 Å². The van der Waals surface area contributed by atoms with Crippen molar-refractivity contribution in [3.05, 3.63) is 0 Å². The van der Waals surface area contributed by atoms with E-state index in [2.05, 4.69) is 17.6 Å². The molecule has 0 radical (unpaired) electrons. The number of rotatable bonds is 23. The summed E-state index contributed by atoms with van der Waals surface area (Å²) in [6.07, 6.45) is 4.33. The van der Waals surface area contributed by atoms with Crippen LogP contribution in [0.2, 0.25) is 0 Å². The first-order valence-corrected chi connectivity index (χ1v) is 13.3. The molecule has 0 aliphatic carbocycles. The maximum absolute atomic E-state index is 12.5. The molecule has 3 N–H and O–H groups in total. The van der Waals surface area contributed by atoms with Crippen molar-refractivity contribution in [1.82, 2.24) is 10.6 Å². The molecule has 11 nitrogen and oxygen atoms in total. The summed E-state index contributed by atoms with van der Waals surface area (Å²) < 4.78 is 21.8. The lowest BCUT2D eigenvalue weighted by molar-refractivity contribution is -0.162. The lowest BCUT2D eigenvalue weighted by atomic mass is 10.00. The zero-order chi connectivity index (χ0) is 27.9. The van der Waals surface area contributed by atoms with Gasteiger partial charge in [0.25, 0.3) is 0 Å². The van der Waals surface area contributed by atoms with E-state index in [1.807, 2.05) is 0 Å². The van der Waals surface area contributed by atoms with E-state index in [0.717, 1.165) is 19.3 Å². The molecule has 0 heterocycles. The summed E-state index contributed by atoms with van der Waals surface area (Å²) in [7, 11) is 0. The number of hydrogen-bond acceptors (Lipinski definition) is 8. The number of hydrogen-bond donors (Lipinski definition) is 3. The van der Waals surface area contributed by atoms with Gasteiger partial charge in [-0.25, -0.2) is 0 Å². The molecule has 216 valence electrons. The van der Waals surface area contributed by atoms with Crippen molar-refractivity contribution in [1.29, 1.82) is 0 Å². The van der Waals surface area contributed by atoms with Gasteiger partial charge >= 0.3 is 11.9 Å². The molecule has 0 rings (SSSR count). The Morgan fingerprint density at radius 3 is 1.81 bits per heavy atom. The fourth-order valence-corrected chi connectivity index (χ4v) is 3.09. The third-order valence-electron chi connectivity index (χ3n) is 4.97. The summed E-state index contributed by atoms with van der Waals surface area (Å²) in [6, 6.07) is 0. The van der Waals surface area contributed by atoms with E-state index in [1.165, 1.54) is 0 Å². The lowest BCUT2D eigenvalue weighted by Crippen LogP contribution is -2.39. The number of carbonyl (C=O) groups is 4. The minimum Gasteiger partial charge on any atom is -0.481 e. The van der Waals surface area contributed by atoms with Crippen LogP contribution in [0, 0.1) is 5.92 Å². The van der Waals surface area contributed by atoms with Crippen molar-refractivity contribution < 1.29 is 43.2 Å². The van der Waals surface area contributed by atoms with Gasteiger partial charge in [-0.05, 0) is 40.0 Å². The number of unbranched alkanes of at least 4 members (excludes halogenated alkanes) is 2. The average molecular weight is 533 g/mol. The molecule has 0 bridgehead atoms. The van der Waals surface area contributed by atoms with E-state index in [4.69, 9.17) is 24.1 Å². The third kappa shape index (κ3) is 22.7. The first-order chi connectivity index (χ1) is 17.6. The van der Waals surface area contributed by atoms with Crippen LogP contribution in [0.25, 0.3) is 0 Å². The standard InChI is InChI=1S/C26H48N2O9/c1-5-6-7-10-21(25(33)37-26(2,3)4)24(32)28-14-9-16-35-18-20-36-19-17-34-15-8-13-27-22(29)11-12-23(30)31/h21H,5-20H2,1-4H3,(H,27,29)(H,28,32)(H,30,31). The average Bonchev–Trinajstić information content (AvgIpc) is 2.81. The number of esters is 1. The summed E-state index contributed by atoms with van der Waals surface area (Å²) >= 11 is 0. The second-order valence-corrected chi connectivity index (χ2v) is 9.66. The largest absolute Gasteiger partial charge is 0.481 e. The number of carboxylic acid groups (broad SMARTS) is 1. The van der Waals surface area contributed by atoms with Gasteiger partial charge < -0.3 is 34.7 Å². The topological polar surface area (TPSA) is 149 Å². The Morgan fingerprint density at radius 1 is 0.757 bits per heavy atom. The van der Waals surface area contributed by atoms with Gasteiger partial charge in [0.1, 0.15) is 11.5 Å². The molecule has 0 aromatic heterocycles. The van der Waals surface area contributed by atoms with Crippen LogP contribution >= 0.6 is 0 Å². The predicted octanol–water partition coefficient (Wildman–Crippen LogP) is 2.45. The Bertz CT molecular complexity index is 650. The van der Waals surface area contributed by atoms with Crippen LogP contribution in [-0.4, -0.2) is 87.2 Å². The van der Waals surface area contributed by atoms with Gasteiger partial charge in [0.2, 0.25) is 11.8 Å². The smallest absolute Gasteiger partial charge is 0.319 e. The van der Waals surface area contributed by atoms with Crippen LogP contribution < -0.4 is 10.6 Å². The molecule has 11 heteroatoms. The van der Waals surface area contributed by atoms with E-state index in [-0.39, 0.29) is 24.7 Å². The fraction of sp³-hybridized carbons (Fsp3) is 0.846. The van der Waals surface area contributed by atoms with Crippen LogP contribution in [0.5, 0.6) is 0 Å². The van der Waals surface area contributed by atoms with Gasteiger partial charge in [0.15, 0.2) is 0 Å². The molecule has 0 aliphatic rings. The molecule has 0 saturated carbocycles. The minimum absolute atomic E-state index is 0.0194. The Hall–Kier alpha value is -2.24. The molecule has 0 aliphatic heterocycles. The zero-order valence-electron chi connectivity index (χ0n) is 23.1. The molecule has 37 heavy (non-hydrogen) atoms. The SMILES string of the molecule is CCCCCC(C(=O)NCCCOCCOCCOCCCNC(=O)CCC(=O)O)C(=O)OC(C)(C)C. The minimum atomic E-state index is -0.990. The molecule has 0 aromatic rings. The van der Waals surface area contributed by atoms with Gasteiger partial charge in [0, 0.05) is 32.7 Å². The highest BCUT2D eigenvalue weighted by atomic mass is 16.6. The number of carboxylic acids is 1. The second kappa shape index (κ2) is 21.8. The Morgan fingerprint density at radius 2 is 1.30 bits per heavy atom. The van der Waals surface area contributed by atoms with Gasteiger partial charge in [0.05, 0.1) is 32.8 Å². The predicted molar refractivity (Wildman–Crippen MR) is 138 cm³/mol. The Kier molecular flexibility index (Phi) is 20.5. The Balaban J connectivity index is 3.72. The van der Waals surface area contributed by atoms with Crippen molar-refractivity contribution in [2.75, 3.05) is 52.7 Å². The van der Waals surface area contributed by atoms with E-state index < -0.39 is 23.5 Å². The molecule has 1 atom stereocenters. The van der Waals surface area contributed by atoms with Crippen molar-refractivity contribution >= 4 is 23.8 Å². The molecule has 1 unspecified atom stereocenters. The summed E-state index contributed by atoms with van der Waals surface area (Å²) in [4.78, 5) is 46.7. The van der Waals surface area contributed by atoms with Crippen molar-refractivity contribution in [2.45, 2.75) is 84.7 Å². The van der Waals surface area contributed by atoms with Crippen LogP contribution in [0.4, 0.5) is 0 Å². The summed E-state index contributed by atoms with van der Waals surface area (Å²) in [6.45, 7) is 10.9. The third-order valence-corrected chi connectivity index (χ3v) is 4.97. The molecular formula is C26H48N2O9. The first-order valence-electron chi connectivity index (χ1n) is 13.3. The van der Waals surface area contributed by atoms with E-state index in [9.17, 15) is 19.2 Å². The molecule has 2 amide bonds. The first kappa shape index (κ1) is 34.8. The molecule has 0 spiro atoms. The zero-order valence-corrected chi connectivity index (χ0v) is 23.1. The number of nitrogens with one attached hydrogen (secondary N) is 2. The van der Waals surface area contributed by atoms with Gasteiger partial charge in [-0.15, -0.1) is 0 Å². The van der Waals surface area contributed by atoms with E-state index >= 15 is 0 Å². The lowest BCUT2D eigenvalue weighted by Gasteiger charge is -2.23. The maximum Gasteiger partial charge on any atom is 0.319 e. The second-order valence-electron chi connectivity index (χ2n) is 9.66. The summed E-state index contributed by atoms with van der Waals surface area (Å²) in [5.41, 5.74) is -0.632. The normalized spacial score (nSPS) is 12.1. The highest BCUT2D eigenvalue weighted by molar-refractivity contribution is 5.97. The molecule has 0 saturated heterocycles. The quantitative estimate of drug-likeness (QED) is 0.102. The van der Waals surface area contributed by atoms with Crippen LogP contribution in [0.15, 0.2) is 0 Å². The summed E-state index contributed by atoms with van der Waals surface area (Å²) in [5, 5.41) is 14.0. The monoisotopic (exact) mass is 532 g/mol. The van der Waals surface area contributed by atoms with Crippen molar-refractivity contribution in [3.63, 3.8) is 0 Å². The highest BCUT2D eigenvalue weighted by Crippen LogP contribution is 2.17. The van der Waals surface area contributed by atoms with Gasteiger partial charge in [-0.2, -0.15) is 0 Å². The van der Waals surface area contributed by atoms with Crippen LogP contribution in [0.3, 0.4) is 0 Å². The fourth-order valence-electron chi connectivity index (χ4n) is 3.09. The van der Waals surface area contributed by atoms with Crippen molar-refractivity contribution in [3.8, 4) is 0 Å². The van der Waals surface area contributed by atoms with E-state index in [1.54, 1.807) is 20.8 Å². The van der Waals surface area contributed by atoms with Crippen LogP contribution in [0.1, 0.15) is 79.1 Å². The number of ether oxygens (including phenoxy) is 4. The maximum atomic E-state index is 12.5. The summed E-state index contributed by atoms with van der Waals surface area (Å²) in [5.74, 6) is -2.83. The van der Waals surface area contributed by atoms with Crippen molar-refractivity contribution in [2.24, 2.45) is 5.92 Å². The molecular weight excluding hydrogens is 484 g/mol. The number of carbonyl (C=O) groups excluding carboxylic acids is 3. The van der Waals surface area contributed by atoms with Crippen LogP contribution in [-0.2, 0) is 38.1 Å². The van der Waals surface area contributed by atoms with Gasteiger partial charge in [-0.3, -0.25) is 19.2 Å². The highest BCUT2D eigenvalue weighted by Gasteiger charge is 2.30. The molecule has 0 fully saturated rings. The number of aliphatic carboxylic acids is 1. The van der Waals surface area contributed by atoms with E-state index in [0.29, 0.717) is 72.0 Å². The number of amides is 2.